The van der Waals surface area contributed by atoms with Gasteiger partial charge in [0.25, 0.3) is 0 Å². The van der Waals surface area contributed by atoms with Gasteiger partial charge in [-0.15, -0.1) is 0 Å². The predicted octanol–water partition coefficient (Wildman–Crippen LogP) is 0.403. The van der Waals surface area contributed by atoms with E-state index < -0.39 is 17.1 Å². The molecule has 0 amide bonds. The number of ketones is 1. The van der Waals surface area contributed by atoms with Crippen molar-refractivity contribution in [1.82, 2.24) is 5.32 Å². The molecule has 2 bridgehead atoms. The van der Waals surface area contributed by atoms with Crippen LogP contribution in [0.1, 0.15) is 30.4 Å². The number of aromatic hydroxyl groups is 1. The number of hydrogen-bond donors (Lipinski definition) is 3. The minimum Gasteiger partial charge on any atom is -0.504 e. The molecule has 21 heavy (non-hydrogen) atoms. The van der Waals surface area contributed by atoms with Crippen LogP contribution >= 0.6 is 0 Å². The van der Waals surface area contributed by atoms with Crippen LogP contribution < -0.4 is 10.1 Å². The van der Waals surface area contributed by atoms with Crippen molar-refractivity contribution in [3.05, 3.63) is 23.3 Å². The Labute approximate surface area is 121 Å². The quantitative estimate of drug-likeness (QED) is 0.644. The molecule has 110 valence electrons. The number of hydrogen-bond acceptors (Lipinski definition) is 5. The highest BCUT2D eigenvalue weighted by Crippen LogP contribution is 2.63. The number of aliphatic hydroxyl groups is 1. The highest BCUT2D eigenvalue weighted by molar-refractivity contribution is 5.90. The Bertz CT molecular complexity index is 687. The van der Waals surface area contributed by atoms with E-state index in [-0.39, 0.29) is 17.6 Å². The van der Waals surface area contributed by atoms with Gasteiger partial charge in [-0.2, -0.15) is 0 Å². The number of benzene rings is 1. The van der Waals surface area contributed by atoms with E-state index in [1.165, 1.54) is 0 Å². The third kappa shape index (κ3) is 1.09. The SMILES string of the molecule is O=C1CCC2(O)[C@H]3Cc4ccc(O)c5c4[C@@]2(CCN3)[C@@H]1O5. The number of phenols is 1. The van der Waals surface area contributed by atoms with Crippen LogP contribution in [0.15, 0.2) is 12.1 Å². The van der Waals surface area contributed by atoms with Crippen molar-refractivity contribution >= 4 is 5.78 Å². The zero-order chi connectivity index (χ0) is 14.4. The van der Waals surface area contributed by atoms with Crippen LogP contribution in [0.3, 0.4) is 0 Å². The number of nitrogens with one attached hydrogen (secondary N) is 1. The standard InChI is InChI=1S/C16H17NO4/c18-9-2-1-8-7-11-16(20)4-3-10(19)14-15(16,5-6-17-11)12(8)13(9)21-14/h1-2,11,14,17-18,20H,3-7H2/t11-,14-,15+,16?/m1/s1. The second-order valence-electron chi connectivity index (χ2n) is 6.77. The van der Waals surface area contributed by atoms with Crippen molar-refractivity contribution in [3.8, 4) is 11.5 Å². The summed E-state index contributed by atoms with van der Waals surface area (Å²) in [5.74, 6) is 0.542. The first kappa shape index (κ1) is 12.0. The molecule has 5 heteroatoms. The van der Waals surface area contributed by atoms with Crippen LogP contribution in [0.4, 0.5) is 0 Å². The molecule has 2 aliphatic heterocycles. The van der Waals surface area contributed by atoms with Crippen LogP contribution in [-0.4, -0.2) is 40.3 Å². The van der Waals surface area contributed by atoms with Crippen molar-refractivity contribution in [2.24, 2.45) is 0 Å². The Morgan fingerprint density at radius 1 is 1.33 bits per heavy atom. The maximum Gasteiger partial charge on any atom is 0.174 e. The van der Waals surface area contributed by atoms with Gasteiger partial charge in [-0.3, -0.25) is 4.79 Å². The summed E-state index contributed by atoms with van der Waals surface area (Å²) in [6, 6.07) is 3.49. The van der Waals surface area contributed by atoms with E-state index in [0.717, 1.165) is 17.7 Å². The van der Waals surface area contributed by atoms with Gasteiger partial charge in [-0.05, 0) is 37.4 Å². The van der Waals surface area contributed by atoms with E-state index in [0.29, 0.717) is 31.4 Å². The molecular formula is C16H17NO4. The smallest absolute Gasteiger partial charge is 0.174 e. The molecule has 1 saturated carbocycles. The zero-order valence-electron chi connectivity index (χ0n) is 11.6. The number of ether oxygens (including phenoxy) is 1. The number of phenolic OH excluding ortho intramolecular Hbond substituents is 1. The fourth-order valence-electron chi connectivity index (χ4n) is 5.22. The van der Waals surface area contributed by atoms with Gasteiger partial charge in [0.15, 0.2) is 23.4 Å². The first-order valence-electron chi connectivity index (χ1n) is 7.58. The summed E-state index contributed by atoms with van der Waals surface area (Å²) < 4.78 is 5.90. The minimum atomic E-state index is -0.962. The van der Waals surface area contributed by atoms with E-state index in [2.05, 4.69) is 5.32 Å². The molecule has 2 fully saturated rings. The molecule has 2 aliphatic carbocycles. The average Bonchev–Trinajstić information content (AvgIpc) is 2.80. The average molecular weight is 287 g/mol. The summed E-state index contributed by atoms with van der Waals surface area (Å²) in [4.78, 5) is 12.4. The Balaban J connectivity index is 1.89. The first-order chi connectivity index (χ1) is 10.1. The summed E-state index contributed by atoms with van der Waals surface area (Å²) in [5.41, 5.74) is 0.332. The molecule has 4 atom stereocenters. The number of rotatable bonds is 0. The lowest BCUT2D eigenvalue weighted by Crippen LogP contribution is -2.76. The molecule has 5 nitrogen and oxygen atoms in total. The summed E-state index contributed by atoms with van der Waals surface area (Å²) >= 11 is 0. The molecule has 1 saturated heterocycles. The predicted molar refractivity (Wildman–Crippen MR) is 73.5 cm³/mol. The topological polar surface area (TPSA) is 78.8 Å². The number of carbonyl (C=O) groups excluding carboxylic acids is 1. The molecule has 4 aliphatic rings. The van der Waals surface area contributed by atoms with Gasteiger partial charge in [0.05, 0.1) is 11.0 Å². The molecular weight excluding hydrogens is 270 g/mol. The zero-order valence-corrected chi connectivity index (χ0v) is 11.6. The Kier molecular flexibility index (Phi) is 1.95. The largest absolute Gasteiger partial charge is 0.504 e. The Morgan fingerprint density at radius 3 is 3.05 bits per heavy atom. The van der Waals surface area contributed by atoms with Crippen LogP contribution in [0.2, 0.25) is 0 Å². The van der Waals surface area contributed by atoms with Gasteiger partial charge in [-0.1, -0.05) is 6.07 Å². The van der Waals surface area contributed by atoms with E-state index in [1.807, 2.05) is 6.07 Å². The Morgan fingerprint density at radius 2 is 2.19 bits per heavy atom. The second-order valence-corrected chi connectivity index (χ2v) is 6.77. The van der Waals surface area contributed by atoms with Crippen LogP contribution in [0, 0.1) is 0 Å². The van der Waals surface area contributed by atoms with Gasteiger partial charge in [0.2, 0.25) is 0 Å². The van der Waals surface area contributed by atoms with Crippen molar-refractivity contribution in [2.75, 3.05) is 6.54 Å². The lowest BCUT2D eigenvalue weighted by Gasteiger charge is -2.59. The van der Waals surface area contributed by atoms with Crippen molar-refractivity contribution in [3.63, 3.8) is 0 Å². The molecule has 1 aromatic rings. The van der Waals surface area contributed by atoms with Gasteiger partial charge >= 0.3 is 0 Å². The summed E-state index contributed by atoms with van der Waals surface area (Å²) in [6.45, 7) is 0.759. The molecule has 0 aromatic heterocycles. The van der Waals surface area contributed by atoms with Crippen molar-refractivity contribution in [1.29, 1.82) is 0 Å². The fraction of sp³-hybridized carbons (Fsp3) is 0.562. The summed E-state index contributed by atoms with van der Waals surface area (Å²) in [6.07, 6.45) is 1.54. The minimum absolute atomic E-state index is 0.0452. The highest BCUT2D eigenvalue weighted by atomic mass is 16.5. The second kappa shape index (κ2) is 3.42. The first-order valence-corrected chi connectivity index (χ1v) is 7.58. The van der Waals surface area contributed by atoms with Crippen LogP contribution in [0.5, 0.6) is 11.5 Å². The van der Waals surface area contributed by atoms with E-state index >= 15 is 0 Å². The number of Topliss-reactive ketones (excluding diaryl/α,β-unsaturated/α-hetero) is 1. The van der Waals surface area contributed by atoms with Crippen molar-refractivity contribution < 1.29 is 19.7 Å². The molecule has 5 rings (SSSR count). The van der Waals surface area contributed by atoms with Crippen molar-refractivity contribution in [2.45, 2.75) is 48.8 Å². The molecule has 1 aromatic carbocycles. The van der Waals surface area contributed by atoms with E-state index in [1.54, 1.807) is 6.07 Å². The third-order valence-corrected chi connectivity index (χ3v) is 6.08. The fourth-order valence-corrected chi connectivity index (χ4v) is 5.22. The summed E-state index contributed by atoms with van der Waals surface area (Å²) in [7, 11) is 0. The number of piperidine rings is 1. The van der Waals surface area contributed by atoms with E-state index in [4.69, 9.17) is 4.74 Å². The highest BCUT2D eigenvalue weighted by Gasteiger charge is 2.71. The summed E-state index contributed by atoms with van der Waals surface area (Å²) in [5, 5.41) is 25.0. The third-order valence-electron chi connectivity index (χ3n) is 6.08. The number of carbonyl (C=O) groups is 1. The van der Waals surface area contributed by atoms with Crippen LogP contribution in [0.25, 0.3) is 0 Å². The lowest BCUT2D eigenvalue weighted by atomic mass is 9.49. The Hall–Kier alpha value is -1.59. The van der Waals surface area contributed by atoms with Gasteiger partial charge in [0.1, 0.15) is 0 Å². The maximum atomic E-state index is 12.4. The van der Waals surface area contributed by atoms with Crippen LogP contribution in [-0.2, 0) is 16.6 Å². The lowest BCUT2D eigenvalue weighted by molar-refractivity contribution is -0.166. The molecule has 3 N–H and O–H groups in total. The molecule has 2 heterocycles. The monoisotopic (exact) mass is 287 g/mol. The van der Waals surface area contributed by atoms with Gasteiger partial charge < -0.3 is 20.3 Å². The molecule has 1 spiro atoms. The van der Waals surface area contributed by atoms with E-state index in [9.17, 15) is 15.0 Å². The van der Waals surface area contributed by atoms with Gasteiger partial charge in [-0.25, -0.2) is 0 Å². The normalized spacial score (nSPS) is 42.4. The maximum absolute atomic E-state index is 12.4. The molecule has 1 unspecified atom stereocenters. The molecule has 0 radical (unpaired) electrons. The van der Waals surface area contributed by atoms with Gasteiger partial charge in [0, 0.05) is 18.0 Å².